The first kappa shape index (κ1) is 39.3. The van der Waals surface area contributed by atoms with Gasteiger partial charge in [-0.05, 0) is 63.7 Å². The highest BCUT2D eigenvalue weighted by molar-refractivity contribution is 8.14. The minimum Gasteiger partial charge on any atom is -0.0975 e. The van der Waals surface area contributed by atoms with Crippen LogP contribution in [-0.4, -0.2) is 24.6 Å². The minimum atomic E-state index is -1.05. The van der Waals surface area contributed by atoms with Gasteiger partial charge >= 0.3 is 0 Å². The Kier molecular flexibility index (Phi) is 37.3. The van der Waals surface area contributed by atoms with Gasteiger partial charge in [0.2, 0.25) is 0 Å². The number of rotatable bonds is 28. The van der Waals surface area contributed by atoms with Crippen molar-refractivity contribution in [1.29, 1.82) is 0 Å². The van der Waals surface area contributed by atoms with Crippen molar-refractivity contribution in [2.75, 3.05) is 24.6 Å². The van der Waals surface area contributed by atoms with Gasteiger partial charge in [0, 0.05) is 0 Å². The summed E-state index contributed by atoms with van der Waals surface area (Å²) in [7, 11) is 1.15. The van der Waals surface area contributed by atoms with Crippen LogP contribution in [0.25, 0.3) is 0 Å². The van der Waals surface area contributed by atoms with Gasteiger partial charge in [-0.2, -0.15) is 0 Å². The Morgan fingerprint density at radius 1 is 0.389 bits per heavy atom. The molecule has 0 saturated carbocycles. The molecule has 4 heteroatoms. The first-order valence-electron chi connectivity index (χ1n) is 16.5. The maximum Gasteiger partial charge on any atom is -0.000157 e. The fourth-order valence-electron chi connectivity index (χ4n) is 4.83. The van der Waals surface area contributed by atoms with Gasteiger partial charge in [0.15, 0.2) is 0 Å². The molecule has 0 amide bonds. The zero-order valence-corrected chi connectivity index (χ0v) is 28.9. The van der Waals surface area contributed by atoms with E-state index in [0.717, 1.165) is 7.36 Å². The molecule has 0 nitrogen and oxygen atoms in total. The van der Waals surface area contributed by atoms with Crippen molar-refractivity contribution in [2.45, 2.75) is 182 Å². The van der Waals surface area contributed by atoms with E-state index in [2.05, 4.69) is 27.7 Å². The Balaban J connectivity index is 0. The minimum absolute atomic E-state index is 1.05. The van der Waals surface area contributed by atoms with Crippen molar-refractivity contribution in [3.05, 3.63) is 0 Å². The lowest BCUT2D eigenvalue weighted by atomic mass is 10.1. The molecule has 0 heterocycles. The first-order valence-corrected chi connectivity index (χ1v) is 21.9. The van der Waals surface area contributed by atoms with Crippen molar-refractivity contribution in [2.24, 2.45) is 0 Å². The van der Waals surface area contributed by atoms with Gasteiger partial charge < -0.3 is 0 Å². The Bertz CT molecular complexity index is 406. The maximum atomic E-state index is 6.32. The summed E-state index contributed by atoms with van der Waals surface area (Å²) in [6.07, 6.45) is 39.3. The summed E-state index contributed by atoms with van der Waals surface area (Å²) >= 11 is 11.1. The van der Waals surface area contributed by atoms with E-state index >= 15 is 0 Å². The Morgan fingerprint density at radius 2 is 0.639 bits per heavy atom. The Labute approximate surface area is 242 Å². The second kappa shape index (κ2) is 34.2. The third kappa shape index (κ3) is 33.2. The van der Waals surface area contributed by atoms with Crippen LogP contribution >= 0.6 is 13.4 Å². The molecule has 0 atom stereocenters. The average molecular weight is 579 g/mol. The molecule has 0 aliphatic heterocycles. The van der Waals surface area contributed by atoms with E-state index in [0.29, 0.717) is 0 Å². The molecule has 0 aromatic rings. The van der Waals surface area contributed by atoms with Gasteiger partial charge in [0.05, 0.1) is 0 Å². The van der Waals surface area contributed by atoms with Crippen molar-refractivity contribution in [3.8, 4) is 0 Å². The molecule has 0 N–H and O–H groups in total. The van der Waals surface area contributed by atoms with Crippen molar-refractivity contribution < 1.29 is 0 Å². The van der Waals surface area contributed by atoms with Crippen LogP contribution in [0.5, 0.6) is 0 Å². The summed E-state index contributed by atoms with van der Waals surface area (Å²) < 4.78 is 0. The highest BCUT2D eigenvalue weighted by Crippen LogP contribution is 2.49. The van der Waals surface area contributed by atoms with Crippen LogP contribution in [0, 0.1) is 0 Å². The fourth-order valence-corrected chi connectivity index (χ4v) is 9.81. The molecule has 36 heavy (non-hydrogen) atoms. The largest absolute Gasteiger partial charge is 0.0975 e. The highest BCUT2D eigenvalue weighted by atomic mass is 32.4. The van der Waals surface area contributed by atoms with Crippen LogP contribution in [0.1, 0.15) is 182 Å². The monoisotopic (exact) mass is 578 g/mol. The van der Waals surface area contributed by atoms with Crippen LogP contribution in [0.3, 0.4) is 0 Å². The quantitative estimate of drug-likeness (QED) is 0.0669. The predicted octanol–water partition coefficient (Wildman–Crippen LogP) is 13.3. The molecule has 0 spiro atoms. The van der Waals surface area contributed by atoms with Crippen molar-refractivity contribution in [3.63, 3.8) is 0 Å². The van der Waals surface area contributed by atoms with Gasteiger partial charge in [0.25, 0.3) is 0 Å². The van der Waals surface area contributed by atoms with Gasteiger partial charge in [-0.15, -0.1) is 0 Å². The fraction of sp³-hybridized carbons (Fsp3) is 1.00. The second-order valence-electron chi connectivity index (χ2n) is 11.2. The normalized spacial score (nSPS) is 11.6. The lowest BCUT2D eigenvalue weighted by molar-refractivity contribution is 0.617. The highest BCUT2D eigenvalue weighted by Gasteiger charge is 2.16. The van der Waals surface area contributed by atoms with Crippen molar-refractivity contribution in [1.82, 2.24) is 0 Å². The maximum absolute atomic E-state index is 6.32. The third-order valence-electron chi connectivity index (χ3n) is 7.36. The topological polar surface area (TPSA) is 0 Å². The summed E-state index contributed by atoms with van der Waals surface area (Å²) in [5.74, 6) is 0. The molecular formula is C32H68P2S2. The van der Waals surface area contributed by atoms with E-state index in [1.165, 1.54) is 179 Å². The van der Waals surface area contributed by atoms with Gasteiger partial charge in [0.1, 0.15) is 0 Å². The molecule has 218 valence electrons. The van der Waals surface area contributed by atoms with E-state index in [1.54, 1.807) is 0 Å². The molecule has 0 aromatic carbocycles. The van der Waals surface area contributed by atoms with Gasteiger partial charge in [-0.3, -0.25) is 0 Å². The molecule has 0 unspecified atom stereocenters. The van der Waals surface area contributed by atoms with Gasteiger partial charge in [-0.25, -0.2) is 0 Å². The summed E-state index contributed by atoms with van der Waals surface area (Å²) in [6, 6.07) is -1.05. The van der Waals surface area contributed by atoms with Crippen LogP contribution < -0.4 is 0 Å². The van der Waals surface area contributed by atoms with Gasteiger partial charge in [-0.1, -0.05) is 180 Å². The average Bonchev–Trinajstić information content (AvgIpc) is 2.88. The van der Waals surface area contributed by atoms with E-state index in [-0.39, 0.29) is 0 Å². The molecule has 0 aliphatic carbocycles. The molecule has 0 saturated heterocycles. The molecule has 0 aromatic heterocycles. The Morgan fingerprint density at radius 3 is 0.917 bits per heavy atom. The molecular weight excluding hydrogens is 510 g/mol. The zero-order chi connectivity index (χ0) is 27.0. The van der Waals surface area contributed by atoms with E-state index in [9.17, 15) is 0 Å². The van der Waals surface area contributed by atoms with E-state index < -0.39 is 6.04 Å². The summed E-state index contributed by atoms with van der Waals surface area (Å²) in [4.78, 5) is 0. The number of hydrogen-bond donors (Lipinski definition) is 0. The van der Waals surface area contributed by atoms with Crippen molar-refractivity contribution >= 4 is 37.0 Å². The lowest BCUT2D eigenvalue weighted by Crippen LogP contribution is -2.01. The summed E-state index contributed by atoms with van der Waals surface area (Å²) in [6.45, 7) is 9.17. The third-order valence-corrected chi connectivity index (χ3v) is 13.4. The molecule has 0 radical (unpaired) electrons. The van der Waals surface area contributed by atoms with Crippen LogP contribution in [0.4, 0.5) is 0 Å². The molecule has 0 aliphatic rings. The summed E-state index contributed by atoms with van der Waals surface area (Å²) in [5.41, 5.74) is 0. The molecule has 0 bridgehead atoms. The van der Waals surface area contributed by atoms with E-state index in [4.69, 9.17) is 23.6 Å². The number of hydrogen-bond acceptors (Lipinski definition) is 2. The summed E-state index contributed by atoms with van der Waals surface area (Å²) in [5, 5.41) is 0. The number of unbranched alkanes of at least 4 members (excludes halogenated alkanes) is 20. The standard InChI is InChI=1S/C24H51PS.C8H17PS/c1-4-7-10-13-16-19-22-25(26,23-20-17-14-11-8-5-2)24-21-18-15-12-9-6-3;1-2-3-4-5-6-7-8-9-10/h4-24H2,1-3H3;2-8H2,1H3. The smallest absolute Gasteiger partial charge is 0.000157 e. The zero-order valence-electron chi connectivity index (χ0n) is 25.5. The van der Waals surface area contributed by atoms with Crippen LogP contribution in [0.2, 0.25) is 0 Å². The SMILES string of the molecule is CCCCCCCCP(=S)(CCCCCCCC)CCCCCCCC.CCCCCCCCP=S. The van der Waals surface area contributed by atoms with Crippen LogP contribution in [-0.2, 0) is 23.6 Å². The Hall–Kier alpha value is 1.17. The van der Waals surface area contributed by atoms with E-state index in [1.807, 2.05) is 0 Å². The van der Waals surface area contributed by atoms with Crippen LogP contribution in [0.15, 0.2) is 0 Å². The lowest BCUT2D eigenvalue weighted by Gasteiger charge is -2.22. The molecule has 0 rings (SSSR count). The first-order chi connectivity index (χ1) is 17.6. The predicted molar refractivity (Wildman–Crippen MR) is 182 cm³/mol. The molecule has 0 fully saturated rings. The second-order valence-corrected chi connectivity index (χ2v) is 18.4.